The van der Waals surface area contributed by atoms with Crippen molar-refractivity contribution >= 4 is 32.5 Å². The fraction of sp³-hybridized carbons (Fsp3) is 0.212. The molecule has 0 amide bonds. The number of nitrogens with one attached hydrogen (secondary N) is 1. The zero-order valence-corrected chi connectivity index (χ0v) is 23.4. The molecular weight excluding hydrogens is 535 g/mol. The number of thiophene rings is 1. The molecule has 206 valence electrons. The number of benzene rings is 3. The van der Waals surface area contributed by atoms with Crippen molar-refractivity contribution in [3.63, 3.8) is 0 Å². The number of nitrogens with zero attached hydrogens (tertiary/aromatic N) is 3. The number of aromatic nitrogens is 3. The quantitative estimate of drug-likeness (QED) is 0.239. The van der Waals surface area contributed by atoms with Crippen LogP contribution in [-0.4, -0.2) is 44.7 Å². The third kappa shape index (κ3) is 4.73. The average molecular weight is 565 g/mol. The van der Waals surface area contributed by atoms with E-state index in [2.05, 4.69) is 41.2 Å². The maximum atomic E-state index is 14.4. The lowest BCUT2D eigenvalue weighted by Crippen LogP contribution is -2.29. The van der Waals surface area contributed by atoms with E-state index >= 15 is 0 Å². The Labute approximate surface area is 240 Å². The molecule has 1 saturated heterocycles. The zero-order chi connectivity index (χ0) is 28.1. The van der Waals surface area contributed by atoms with Crippen LogP contribution in [-0.2, 0) is 0 Å². The number of H-pyrrole nitrogens is 1. The minimum Gasteiger partial charge on any atom is -0.508 e. The first-order chi connectivity index (χ1) is 19.9. The number of fused-ring (bicyclic) bond motifs is 2. The second-order valence-electron chi connectivity index (χ2n) is 10.9. The van der Waals surface area contributed by atoms with Crippen LogP contribution in [0.3, 0.4) is 0 Å². The summed E-state index contributed by atoms with van der Waals surface area (Å²) in [7, 11) is 2.18. The second kappa shape index (κ2) is 10.3. The summed E-state index contributed by atoms with van der Waals surface area (Å²) in [4.78, 5) is 25.4. The standard InChI is InChI=1S/C33H29FN4O2S/c1-37-15-12-21(13-16-37)20-6-8-22(9-7-20)29-18-23-14-17-38(33(40)31(23)41-29)30(25-19-24(34)10-11-28(25)39)32-35-26-4-2-3-5-27(26)36-32/h2-11,14,17-19,21,30,39H,12-13,15-16H2,1H3,(H,35,36)/t30-/m1/s1. The highest BCUT2D eigenvalue weighted by Crippen LogP contribution is 2.36. The number of aromatic amines is 1. The summed E-state index contributed by atoms with van der Waals surface area (Å²) in [5.74, 6) is 0.412. The first-order valence-corrected chi connectivity index (χ1v) is 14.6. The number of aromatic hydroxyl groups is 1. The van der Waals surface area contributed by atoms with Crippen LogP contribution in [0.25, 0.3) is 31.6 Å². The molecule has 7 rings (SSSR count). The van der Waals surface area contributed by atoms with Gasteiger partial charge in [0.25, 0.3) is 5.56 Å². The van der Waals surface area contributed by atoms with Gasteiger partial charge in [0.2, 0.25) is 0 Å². The van der Waals surface area contributed by atoms with Crippen LogP contribution in [0, 0.1) is 5.82 Å². The number of pyridine rings is 1. The van der Waals surface area contributed by atoms with E-state index in [0.29, 0.717) is 16.4 Å². The van der Waals surface area contributed by atoms with Crippen molar-refractivity contribution in [2.75, 3.05) is 20.1 Å². The first-order valence-electron chi connectivity index (χ1n) is 13.8. The molecule has 8 heteroatoms. The van der Waals surface area contributed by atoms with Crippen molar-refractivity contribution < 1.29 is 9.50 Å². The first kappa shape index (κ1) is 25.7. The minimum absolute atomic E-state index is 0.111. The van der Waals surface area contributed by atoms with E-state index in [1.165, 1.54) is 52.5 Å². The molecule has 4 heterocycles. The van der Waals surface area contributed by atoms with Crippen LogP contribution in [0.1, 0.15) is 41.8 Å². The summed E-state index contributed by atoms with van der Waals surface area (Å²) < 4.78 is 16.5. The van der Waals surface area contributed by atoms with E-state index < -0.39 is 11.9 Å². The van der Waals surface area contributed by atoms with Gasteiger partial charge in [-0.15, -0.1) is 11.3 Å². The molecule has 6 nitrogen and oxygen atoms in total. The van der Waals surface area contributed by atoms with Crippen molar-refractivity contribution in [3.05, 3.63) is 118 Å². The van der Waals surface area contributed by atoms with Gasteiger partial charge in [0.05, 0.1) is 11.0 Å². The number of halogens is 1. The predicted octanol–water partition coefficient (Wildman–Crippen LogP) is 6.90. The van der Waals surface area contributed by atoms with E-state index in [-0.39, 0.29) is 16.9 Å². The SMILES string of the molecule is CN1CCC(c2ccc(-c3cc4ccn([C@@H](c5nc6ccccc6[nH]5)c5cc(F)ccc5O)c(=O)c4s3)cc2)CC1. The van der Waals surface area contributed by atoms with E-state index in [1.807, 2.05) is 36.4 Å². The molecule has 0 saturated carbocycles. The monoisotopic (exact) mass is 564 g/mol. The Hall–Kier alpha value is -4.27. The zero-order valence-electron chi connectivity index (χ0n) is 22.5. The Balaban J connectivity index is 1.30. The molecule has 2 N–H and O–H groups in total. The fourth-order valence-electron chi connectivity index (χ4n) is 5.92. The van der Waals surface area contributed by atoms with Gasteiger partial charge >= 0.3 is 0 Å². The number of phenols is 1. The third-order valence-electron chi connectivity index (χ3n) is 8.22. The van der Waals surface area contributed by atoms with Crippen LogP contribution >= 0.6 is 11.3 Å². The van der Waals surface area contributed by atoms with Crippen molar-refractivity contribution in [1.29, 1.82) is 0 Å². The molecule has 1 aliphatic heterocycles. The number of phenolic OH excluding ortho intramolecular Hbond substituents is 1. The average Bonchev–Trinajstić information content (AvgIpc) is 3.62. The van der Waals surface area contributed by atoms with Crippen LogP contribution in [0.5, 0.6) is 5.75 Å². The molecule has 3 aromatic carbocycles. The number of imidazole rings is 1. The number of hydrogen-bond acceptors (Lipinski definition) is 5. The van der Waals surface area contributed by atoms with Gasteiger partial charge < -0.3 is 15.0 Å². The highest BCUT2D eigenvalue weighted by Gasteiger charge is 2.26. The molecule has 1 aliphatic rings. The third-order valence-corrected chi connectivity index (χ3v) is 9.41. The van der Waals surface area contributed by atoms with Crippen molar-refractivity contribution in [2.24, 2.45) is 0 Å². The van der Waals surface area contributed by atoms with E-state index in [9.17, 15) is 14.3 Å². The van der Waals surface area contributed by atoms with Crippen LogP contribution < -0.4 is 5.56 Å². The Morgan fingerprint density at radius 1 is 1.02 bits per heavy atom. The van der Waals surface area contributed by atoms with Gasteiger partial charge in [-0.1, -0.05) is 36.4 Å². The molecule has 3 aromatic heterocycles. The molecule has 0 radical (unpaired) electrons. The summed E-state index contributed by atoms with van der Waals surface area (Å²) in [6.45, 7) is 2.24. The molecule has 0 aliphatic carbocycles. The van der Waals surface area contributed by atoms with Crippen molar-refractivity contribution in [1.82, 2.24) is 19.4 Å². The second-order valence-corrected chi connectivity index (χ2v) is 11.9. The van der Waals surface area contributed by atoms with Crippen molar-refractivity contribution in [2.45, 2.75) is 24.8 Å². The lowest BCUT2D eigenvalue weighted by atomic mass is 9.89. The summed E-state index contributed by atoms with van der Waals surface area (Å²) in [5.41, 5.74) is 3.99. The van der Waals surface area contributed by atoms with Crippen LogP contribution in [0.4, 0.5) is 4.39 Å². The smallest absolute Gasteiger partial charge is 0.269 e. The molecule has 0 unspecified atom stereocenters. The van der Waals surface area contributed by atoms with Crippen molar-refractivity contribution in [3.8, 4) is 16.2 Å². The molecular formula is C33H29FN4O2S. The van der Waals surface area contributed by atoms with E-state index in [4.69, 9.17) is 4.98 Å². The fourth-order valence-corrected chi connectivity index (χ4v) is 7.02. The molecule has 1 atom stereocenters. The Bertz CT molecular complexity index is 1900. The Kier molecular flexibility index (Phi) is 6.44. The minimum atomic E-state index is -0.852. The van der Waals surface area contributed by atoms with Crippen LogP contribution in [0.2, 0.25) is 0 Å². The largest absolute Gasteiger partial charge is 0.508 e. The van der Waals surface area contributed by atoms with Gasteiger partial charge in [0.15, 0.2) is 0 Å². The summed E-state index contributed by atoms with van der Waals surface area (Å²) in [5, 5.41) is 11.6. The summed E-state index contributed by atoms with van der Waals surface area (Å²) >= 11 is 1.45. The van der Waals surface area contributed by atoms with Gasteiger partial charge in [0.1, 0.15) is 28.1 Å². The lowest BCUT2D eigenvalue weighted by molar-refractivity contribution is 0.255. The Morgan fingerprint density at radius 2 is 1.80 bits per heavy atom. The van der Waals surface area contributed by atoms with Gasteiger partial charge in [-0.3, -0.25) is 9.36 Å². The normalized spacial score (nSPS) is 15.6. The summed E-state index contributed by atoms with van der Waals surface area (Å²) in [6.07, 6.45) is 4.05. The maximum Gasteiger partial charge on any atom is 0.269 e. The van der Waals surface area contributed by atoms with Gasteiger partial charge in [-0.25, -0.2) is 9.37 Å². The number of rotatable bonds is 5. The number of para-hydroxylation sites is 2. The number of piperidine rings is 1. The summed E-state index contributed by atoms with van der Waals surface area (Å²) in [6, 6.07) is 23.1. The molecule has 0 bridgehead atoms. The lowest BCUT2D eigenvalue weighted by Gasteiger charge is -2.29. The number of hydrogen-bond donors (Lipinski definition) is 2. The highest BCUT2D eigenvalue weighted by molar-refractivity contribution is 7.22. The topological polar surface area (TPSA) is 74.2 Å². The van der Waals surface area contributed by atoms with Gasteiger partial charge in [-0.05, 0) is 92.5 Å². The van der Waals surface area contributed by atoms with E-state index in [0.717, 1.165) is 39.9 Å². The van der Waals surface area contributed by atoms with E-state index in [1.54, 1.807) is 6.20 Å². The highest BCUT2D eigenvalue weighted by atomic mass is 32.1. The van der Waals surface area contributed by atoms with Gasteiger partial charge in [-0.2, -0.15) is 0 Å². The molecule has 41 heavy (non-hydrogen) atoms. The maximum absolute atomic E-state index is 14.4. The van der Waals surface area contributed by atoms with Crippen LogP contribution in [0.15, 0.2) is 89.9 Å². The van der Waals surface area contributed by atoms with Gasteiger partial charge in [0, 0.05) is 22.0 Å². The number of likely N-dealkylation sites (tertiary alicyclic amines) is 1. The molecule has 1 fully saturated rings. The molecule has 0 spiro atoms. The Morgan fingerprint density at radius 3 is 2.59 bits per heavy atom. The molecule has 6 aromatic rings. The predicted molar refractivity (Wildman–Crippen MR) is 162 cm³/mol.